The van der Waals surface area contributed by atoms with Gasteiger partial charge in [-0.05, 0) is 42.2 Å². The fourth-order valence-electron chi connectivity index (χ4n) is 2.05. The van der Waals surface area contributed by atoms with E-state index >= 15 is 0 Å². The van der Waals surface area contributed by atoms with Gasteiger partial charge in [-0.1, -0.05) is 39.0 Å². The number of anilines is 1. The molecule has 112 valence electrons. The summed E-state index contributed by atoms with van der Waals surface area (Å²) in [7, 11) is 0. The summed E-state index contributed by atoms with van der Waals surface area (Å²) in [4.78, 5) is 0. The molecule has 2 aromatic carbocycles. The summed E-state index contributed by atoms with van der Waals surface area (Å²) >= 11 is 0. The summed E-state index contributed by atoms with van der Waals surface area (Å²) in [5.74, 6) is 2.05. The van der Waals surface area contributed by atoms with Gasteiger partial charge in [0.1, 0.15) is 17.2 Å². The summed E-state index contributed by atoms with van der Waals surface area (Å²) < 4.78 is 11.4. The lowest BCUT2D eigenvalue weighted by atomic mass is 9.87. The first-order valence-electron chi connectivity index (χ1n) is 7.21. The van der Waals surface area contributed by atoms with Crippen molar-refractivity contribution in [1.29, 1.82) is 0 Å². The number of benzene rings is 2. The molecule has 0 amide bonds. The van der Waals surface area contributed by atoms with Crippen LogP contribution in [0.4, 0.5) is 5.69 Å². The second kappa shape index (κ2) is 6.08. The van der Waals surface area contributed by atoms with E-state index in [-0.39, 0.29) is 5.41 Å². The van der Waals surface area contributed by atoms with Crippen molar-refractivity contribution in [1.82, 2.24) is 0 Å². The third kappa shape index (κ3) is 3.69. The van der Waals surface area contributed by atoms with Crippen LogP contribution in [0.1, 0.15) is 33.3 Å². The standard InChI is InChI=1S/C18H23NO2/c1-5-20-15-10-7-11-16(17(15)19)21-14-9-6-8-13(12-14)18(2,3)4/h6-12H,5,19H2,1-4H3. The van der Waals surface area contributed by atoms with Crippen LogP contribution in [0.3, 0.4) is 0 Å². The second-order valence-corrected chi connectivity index (χ2v) is 5.98. The van der Waals surface area contributed by atoms with E-state index in [4.69, 9.17) is 15.2 Å². The topological polar surface area (TPSA) is 44.5 Å². The predicted molar refractivity (Wildman–Crippen MR) is 87.2 cm³/mol. The molecule has 3 nitrogen and oxygen atoms in total. The number of hydrogen-bond donors (Lipinski definition) is 1. The zero-order valence-electron chi connectivity index (χ0n) is 13.1. The van der Waals surface area contributed by atoms with Gasteiger partial charge in [0.05, 0.1) is 6.61 Å². The first-order chi connectivity index (χ1) is 9.91. The highest BCUT2D eigenvalue weighted by Gasteiger charge is 2.15. The summed E-state index contributed by atoms with van der Waals surface area (Å²) in [6, 6.07) is 13.7. The molecule has 2 N–H and O–H groups in total. The molecule has 0 heterocycles. The fraction of sp³-hybridized carbons (Fsp3) is 0.333. The molecule has 0 radical (unpaired) electrons. The Morgan fingerprint density at radius 3 is 2.33 bits per heavy atom. The number of nitrogens with two attached hydrogens (primary N) is 1. The first kappa shape index (κ1) is 15.2. The molecule has 2 aromatic rings. The van der Waals surface area contributed by atoms with Crippen molar-refractivity contribution < 1.29 is 9.47 Å². The van der Waals surface area contributed by atoms with Crippen LogP contribution in [-0.4, -0.2) is 6.61 Å². The first-order valence-corrected chi connectivity index (χ1v) is 7.21. The number of nitrogen functional groups attached to an aromatic ring is 1. The zero-order valence-corrected chi connectivity index (χ0v) is 13.1. The number of ether oxygens (including phenoxy) is 2. The van der Waals surface area contributed by atoms with Crippen molar-refractivity contribution in [3.63, 3.8) is 0 Å². The molecule has 0 atom stereocenters. The molecule has 0 aromatic heterocycles. The van der Waals surface area contributed by atoms with Crippen LogP contribution in [0.5, 0.6) is 17.2 Å². The van der Waals surface area contributed by atoms with Crippen molar-refractivity contribution in [3.8, 4) is 17.2 Å². The monoisotopic (exact) mass is 285 g/mol. The van der Waals surface area contributed by atoms with E-state index < -0.39 is 0 Å². The molecule has 0 fully saturated rings. The van der Waals surface area contributed by atoms with Crippen LogP contribution in [0, 0.1) is 0 Å². The Kier molecular flexibility index (Phi) is 4.41. The highest BCUT2D eigenvalue weighted by Crippen LogP contribution is 2.35. The lowest BCUT2D eigenvalue weighted by molar-refractivity contribution is 0.340. The van der Waals surface area contributed by atoms with E-state index in [1.165, 1.54) is 5.56 Å². The predicted octanol–water partition coefficient (Wildman–Crippen LogP) is 4.76. The lowest BCUT2D eigenvalue weighted by Crippen LogP contribution is -2.10. The van der Waals surface area contributed by atoms with Crippen molar-refractivity contribution in [2.24, 2.45) is 0 Å². The molecule has 21 heavy (non-hydrogen) atoms. The maximum Gasteiger partial charge on any atom is 0.154 e. The molecule has 0 aliphatic heterocycles. The van der Waals surface area contributed by atoms with Gasteiger partial charge in [0, 0.05) is 0 Å². The highest BCUT2D eigenvalue weighted by atomic mass is 16.5. The second-order valence-electron chi connectivity index (χ2n) is 5.98. The van der Waals surface area contributed by atoms with E-state index in [9.17, 15) is 0 Å². The third-order valence-electron chi connectivity index (χ3n) is 3.25. The Morgan fingerprint density at radius 1 is 1.00 bits per heavy atom. The molecule has 0 saturated heterocycles. The molecular weight excluding hydrogens is 262 g/mol. The lowest BCUT2D eigenvalue weighted by Gasteiger charge is -2.20. The maximum absolute atomic E-state index is 6.09. The number of rotatable bonds is 4. The van der Waals surface area contributed by atoms with E-state index in [2.05, 4.69) is 26.8 Å². The smallest absolute Gasteiger partial charge is 0.154 e. The van der Waals surface area contributed by atoms with E-state index in [0.717, 1.165) is 5.75 Å². The molecule has 3 heteroatoms. The van der Waals surface area contributed by atoms with Crippen molar-refractivity contribution in [2.45, 2.75) is 33.1 Å². The molecular formula is C18H23NO2. The molecule has 0 bridgehead atoms. The van der Waals surface area contributed by atoms with E-state index in [0.29, 0.717) is 23.8 Å². The summed E-state index contributed by atoms with van der Waals surface area (Å²) in [5, 5.41) is 0. The Bertz CT molecular complexity index is 615. The Balaban J connectivity index is 2.28. The van der Waals surface area contributed by atoms with Gasteiger partial charge in [-0.25, -0.2) is 0 Å². The third-order valence-corrected chi connectivity index (χ3v) is 3.25. The summed E-state index contributed by atoms with van der Waals surface area (Å²) in [6.45, 7) is 9.04. The fourth-order valence-corrected chi connectivity index (χ4v) is 2.05. The van der Waals surface area contributed by atoms with Crippen LogP contribution in [0.2, 0.25) is 0 Å². The summed E-state index contributed by atoms with van der Waals surface area (Å²) in [6.07, 6.45) is 0. The Labute approximate surface area is 126 Å². The molecule has 0 saturated carbocycles. The van der Waals surface area contributed by atoms with Gasteiger partial charge >= 0.3 is 0 Å². The average molecular weight is 285 g/mol. The molecule has 0 aliphatic carbocycles. The van der Waals surface area contributed by atoms with Crippen LogP contribution in [0.15, 0.2) is 42.5 Å². The minimum Gasteiger partial charge on any atom is -0.492 e. The molecule has 2 rings (SSSR count). The average Bonchev–Trinajstić information content (AvgIpc) is 2.43. The van der Waals surface area contributed by atoms with Gasteiger partial charge in [0.2, 0.25) is 0 Å². The van der Waals surface area contributed by atoms with Gasteiger partial charge in [-0.3, -0.25) is 0 Å². The number of para-hydroxylation sites is 1. The van der Waals surface area contributed by atoms with Crippen LogP contribution in [0.25, 0.3) is 0 Å². The largest absolute Gasteiger partial charge is 0.492 e. The Hall–Kier alpha value is -2.16. The van der Waals surface area contributed by atoms with Crippen molar-refractivity contribution >= 4 is 5.69 Å². The zero-order chi connectivity index (χ0) is 15.5. The van der Waals surface area contributed by atoms with Gasteiger partial charge < -0.3 is 15.2 Å². The maximum atomic E-state index is 6.09. The summed E-state index contributed by atoms with van der Waals surface area (Å²) in [5.41, 5.74) is 7.92. The molecule has 0 spiro atoms. The van der Waals surface area contributed by atoms with Crippen LogP contribution in [-0.2, 0) is 5.41 Å². The van der Waals surface area contributed by atoms with Crippen molar-refractivity contribution in [3.05, 3.63) is 48.0 Å². The highest BCUT2D eigenvalue weighted by molar-refractivity contribution is 5.63. The van der Waals surface area contributed by atoms with Gasteiger partial charge in [0.25, 0.3) is 0 Å². The molecule has 0 aliphatic rings. The quantitative estimate of drug-likeness (QED) is 0.824. The van der Waals surface area contributed by atoms with Crippen LogP contribution >= 0.6 is 0 Å². The van der Waals surface area contributed by atoms with Gasteiger partial charge in [-0.2, -0.15) is 0 Å². The van der Waals surface area contributed by atoms with Gasteiger partial charge in [0.15, 0.2) is 5.75 Å². The normalized spacial score (nSPS) is 11.2. The number of hydrogen-bond acceptors (Lipinski definition) is 3. The Morgan fingerprint density at radius 2 is 1.67 bits per heavy atom. The minimum absolute atomic E-state index is 0.0814. The SMILES string of the molecule is CCOc1cccc(Oc2cccc(C(C)(C)C)c2)c1N. The van der Waals surface area contributed by atoms with Crippen molar-refractivity contribution in [2.75, 3.05) is 12.3 Å². The van der Waals surface area contributed by atoms with Gasteiger partial charge in [-0.15, -0.1) is 0 Å². The van der Waals surface area contributed by atoms with E-state index in [1.807, 2.05) is 43.3 Å². The van der Waals surface area contributed by atoms with E-state index in [1.54, 1.807) is 0 Å². The van der Waals surface area contributed by atoms with Crippen LogP contribution < -0.4 is 15.2 Å². The minimum atomic E-state index is 0.0814. The molecule has 0 unspecified atom stereocenters.